The number of hydrogen-bond acceptors (Lipinski definition) is 7. The average molecular weight is 304 g/mol. The molecular formula is C13H12N4OS2. The molecule has 0 saturated carbocycles. The van der Waals surface area contributed by atoms with Gasteiger partial charge in [0.1, 0.15) is 5.01 Å². The molecule has 3 rings (SSSR count). The number of ether oxygens (including phenoxy) is 1. The number of nitrogens with two attached hydrogens (primary N) is 1. The van der Waals surface area contributed by atoms with E-state index in [0.717, 1.165) is 26.8 Å². The molecule has 0 saturated heterocycles. The molecule has 0 atom stereocenters. The molecule has 0 aliphatic rings. The summed E-state index contributed by atoms with van der Waals surface area (Å²) in [6.45, 7) is 0.448. The molecule has 0 spiro atoms. The molecule has 2 N–H and O–H groups in total. The van der Waals surface area contributed by atoms with Crippen molar-refractivity contribution in [3.63, 3.8) is 0 Å². The van der Waals surface area contributed by atoms with Gasteiger partial charge in [-0.25, -0.2) is 9.97 Å². The minimum atomic E-state index is 0.448. The molecule has 0 radical (unpaired) electrons. The maximum absolute atomic E-state index is 5.71. The zero-order valence-corrected chi connectivity index (χ0v) is 12.4. The van der Waals surface area contributed by atoms with E-state index in [9.17, 15) is 0 Å². The Labute approximate surface area is 124 Å². The summed E-state index contributed by atoms with van der Waals surface area (Å²) in [5, 5.41) is 3.40. The molecule has 0 fully saturated rings. The first-order chi connectivity index (χ1) is 9.78. The van der Waals surface area contributed by atoms with E-state index in [0.29, 0.717) is 11.7 Å². The zero-order chi connectivity index (χ0) is 13.9. The highest BCUT2D eigenvalue weighted by Crippen LogP contribution is 2.36. The number of thiazole rings is 2. The SMILES string of the molecule is COCc1nc(-c2cccnc2)sc1-c1csc(N)n1. The molecule has 3 aromatic heterocycles. The van der Waals surface area contributed by atoms with Gasteiger partial charge in [0.15, 0.2) is 5.13 Å². The maximum atomic E-state index is 5.71. The second-order valence-corrected chi connectivity index (χ2v) is 5.93. The highest BCUT2D eigenvalue weighted by molar-refractivity contribution is 7.19. The van der Waals surface area contributed by atoms with Crippen molar-refractivity contribution in [3.05, 3.63) is 35.6 Å². The van der Waals surface area contributed by atoms with Crippen LogP contribution in [0.3, 0.4) is 0 Å². The Morgan fingerprint density at radius 3 is 2.90 bits per heavy atom. The van der Waals surface area contributed by atoms with E-state index < -0.39 is 0 Å². The van der Waals surface area contributed by atoms with Gasteiger partial charge in [0, 0.05) is 30.4 Å². The lowest BCUT2D eigenvalue weighted by molar-refractivity contribution is 0.182. The lowest BCUT2D eigenvalue weighted by Crippen LogP contribution is -1.91. The summed E-state index contributed by atoms with van der Waals surface area (Å²) in [6, 6.07) is 3.88. The molecule has 0 amide bonds. The predicted octanol–water partition coefficient (Wildman–Crippen LogP) is 3.06. The van der Waals surface area contributed by atoms with E-state index in [4.69, 9.17) is 10.5 Å². The van der Waals surface area contributed by atoms with Gasteiger partial charge < -0.3 is 10.5 Å². The number of rotatable bonds is 4. The Morgan fingerprint density at radius 2 is 2.25 bits per heavy atom. The van der Waals surface area contributed by atoms with Crippen LogP contribution in [0.4, 0.5) is 5.13 Å². The molecule has 102 valence electrons. The maximum Gasteiger partial charge on any atom is 0.180 e. The molecule has 20 heavy (non-hydrogen) atoms. The van der Waals surface area contributed by atoms with Crippen LogP contribution in [0, 0.1) is 0 Å². The van der Waals surface area contributed by atoms with Crippen LogP contribution in [0.5, 0.6) is 0 Å². The van der Waals surface area contributed by atoms with Gasteiger partial charge in [-0.1, -0.05) is 0 Å². The molecule has 0 aliphatic carbocycles. The summed E-state index contributed by atoms with van der Waals surface area (Å²) in [7, 11) is 1.66. The second kappa shape index (κ2) is 5.66. The second-order valence-electron chi connectivity index (χ2n) is 4.04. The predicted molar refractivity (Wildman–Crippen MR) is 81.6 cm³/mol. The lowest BCUT2D eigenvalue weighted by atomic mass is 10.3. The van der Waals surface area contributed by atoms with Crippen LogP contribution >= 0.6 is 22.7 Å². The van der Waals surface area contributed by atoms with Gasteiger partial charge in [-0.15, -0.1) is 22.7 Å². The Balaban J connectivity index is 2.07. The Hall–Kier alpha value is -1.83. The van der Waals surface area contributed by atoms with Crippen LogP contribution in [0.2, 0.25) is 0 Å². The van der Waals surface area contributed by atoms with Gasteiger partial charge in [-0.3, -0.25) is 4.98 Å². The summed E-state index contributed by atoms with van der Waals surface area (Å²) < 4.78 is 5.22. The van der Waals surface area contributed by atoms with Gasteiger partial charge in [0.2, 0.25) is 0 Å². The van der Waals surface area contributed by atoms with Crippen LogP contribution < -0.4 is 5.73 Å². The number of hydrogen-bond donors (Lipinski definition) is 1. The standard InChI is InChI=1S/C13H12N4OS2/c1-18-6-9-11(10-7-19-13(14)17-10)20-12(16-9)8-3-2-4-15-5-8/h2-5,7H,6H2,1H3,(H2,14,17). The van der Waals surface area contributed by atoms with E-state index >= 15 is 0 Å². The van der Waals surface area contributed by atoms with Gasteiger partial charge in [-0.05, 0) is 12.1 Å². The first-order valence-electron chi connectivity index (χ1n) is 5.88. The highest BCUT2D eigenvalue weighted by atomic mass is 32.1. The van der Waals surface area contributed by atoms with Crippen molar-refractivity contribution < 1.29 is 4.74 Å². The van der Waals surface area contributed by atoms with Gasteiger partial charge in [0.05, 0.1) is 22.9 Å². The zero-order valence-electron chi connectivity index (χ0n) is 10.7. The van der Waals surface area contributed by atoms with E-state index in [-0.39, 0.29) is 0 Å². The van der Waals surface area contributed by atoms with Crippen LogP contribution in [-0.4, -0.2) is 22.1 Å². The normalized spacial score (nSPS) is 10.8. The highest BCUT2D eigenvalue weighted by Gasteiger charge is 2.16. The van der Waals surface area contributed by atoms with Crippen LogP contribution in [-0.2, 0) is 11.3 Å². The van der Waals surface area contributed by atoms with Gasteiger partial charge >= 0.3 is 0 Å². The van der Waals surface area contributed by atoms with Crippen molar-refractivity contribution in [2.24, 2.45) is 0 Å². The third-order valence-corrected chi connectivity index (χ3v) is 4.48. The van der Waals surface area contributed by atoms with Gasteiger partial charge in [-0.2, -0.15) is 0 Å². The fourth-order valence-corrected chi connectivity index (χ4v) is 3.44. The number of anilines is 1. The first kappa shape index (κ1) is 13.2. The minimum absolute atomic E-state index is 0.448. The van der Waals surface area contributed by atoms with Gasteiger partial charge in [0.25, 0.3) is 0 Å². The summed E-state index contributed by atoms with van der Waals surface area (Å²) in [5.74, 6) is 0. The number of pyridine rings is 1. The largest absolute Gasteiger partial charge is 0.378 e. The monoisotopic (exact) mass is 304 g/mol. The van der Waals surface area contributed by atoms with E-state index in [1.54, 1.807) is 30.8 Å². The quantitative estimate of drug-likeness (QED) is 0.802. The molecule has 3 heterocycles. The number of methoxy groups -OCH3 is 1. The average Bonchev–Trinajstić information content (AvgIpc) is 3.07. The molecule has 0 aliphatic heterocycles. The van der Waals surface area contributed by atoms with Crippen molar-refractivity contribution in [2.75, 3.05) is 12.8 Å². The van der Waals surface area contributed by atoms with Crippen LogP contribution in [0.25, 0.3) is 21.1 Å². The number of nitrogen functional groups attached to an aromatic ring is 1. The smallest absolute Gasteiger partial charge is 0.180 e. The fraction of sp³-hybridized carbons (Fsp3) is 0.154. The molecular weight excluding hydrogens is 292 g/mol. The molecule has 0 aromatic carbocycles. The summed E-state index contributed by atoms with van der Waals surface area (Å²) in [6.07, 6.45) is 3.55. The van der Waals surface area contributed by atoms with Crippen molar-refractivity contribution >= 4 is 27.8 Å². The number of aromatic nitrogens is 3. The number of nitrogens with zero attached hydrogens (tertiary/aromatic N) is 3. The molecule has 0 bridgehead atoms. The van der Waals surface area contributed by atoms with E-state index in [1.165, 1.54) is 11.3 Å². The summed E-state index contributed by atoms with van der Waals surface area (Å²) in [4.78, 5) is 14.1. The minimum Gasteiger partial charge on any atom is -0.378 e. The van der Waals surface area contributed by atoms with Crippen LogP contribution in [0.15, 0.2) is 29.9 Å². The Morgan fingerprint density at radius 1 is 1.35 bits per heavy atom. The van der Waals surface area contributed by atoms with Crippen molar-refractivity contribution in [2.45, 2.75) is 6.61 Å². The molecule has 5 nitrogen and oxygen atoms in total. The summed E-state index contributed by atoms with van der Waals surface area (Å²) >= 11 is 3.00. The third-order valence-electron chi connectivity index (χ3n) is 2.64. The molecule has 0 unspecified atom stereocenters. The molecule has 3 aromatic rings. The molecule has 7 heteroatoms. The van der Waals surface area contributed by atoms with Crippen LogP contribution in [0.1, 0.15) is 5.69 Å². The third kappa shape index (κ3) is 2.55. The van der Waals surface area contributed by atoms with Crippen molar-refractivity contribution in [3.8, 4) is 21.1 Å². The van der Waals surface area contributed by atoms with E-state index in [1.807, 2.05) is 17.5 Å². The Bertz CT molecular complexity index is 708. The first-order valence-corrected chi connectivity index (χ1v) is 7.58. The van der Waals surface area contributed by atoms with Crippen molar-refractivity contribution in [1.29, 1.82) is 0 Å². The lowest BCUT2D eigenvalue weighted by Gasteiger charge is -1.96. The summed E-state index contributed by atoms with van der Waals surface area (Å²) in [5.41, 5.74) is 8.43. The van der Waals surface area contributed by atoms with E-state index in [2.05, 4.69) is 15.0 Å². The Kier molecular flexibility index (Phi) is 3.72. The fourth-order valence-electron chi connectivity index (χ4n) is 1.79. The topological polar surface area (TPSA) is 73.9 Å². The van der Waals surface area contributed by atoms with Crippen molar-refractivity contribution in [1.82, 2.24) is 15.0 Å².